The molecule has 2 aliphatic heterocycles. The van der Waals surface area contributed by atoms with Crippen molar-refractivity contribution in [1.29, 1.82) is 5.41 Å². The first-order valence-electron chi connectivity index (χ1n) is 41.6. The number of carbonyl (C=O) groups is 9. The number of sulfonamides is 1. The Kier molecular flexibility index (Phi) is 27.3. The Balaban J connectivity index is 0.874. The molecule has 1 saturated heterocycles. The van der Waals surface area contributed by atoms with E-state index in [0.717, 1.165) is 51.6 Å². The van der Waals surface area contributed by atoms with Crippen LogP contribution in [0.2, 0.25) is 0 Å². The summed E-state index contributed by atoms with van der Waals surface area (Å²) < 4.78 is 57.7. The van der Waals surface area contributed by atoms with Crippen molar-refractivity contribution in [2.45, 2.75) is 183 Å². The molecule has 0 bridgehead atoms. The van der Waals surface area contributed by atoms with E-state index >= 15 is 24.0 Å². The number of rotatable bonds is 20. The molecule has 0 unspecified atom stereocenters. The molecule has 13 rings (SSSR count). The monoisotopic (exact) mass is 1700 g/mol. The van der Waals surface area contributed by atoms with Gasteiger partial charge in [0.05, 0.1) is 29.5 Å². The lowest BCUT2D eigenvalue weighted by Gasteiger charge is -2.37. The molecular formula is C95H104N13O15S-. The molecule has 6 atom stereocenters. The fourth-order valence-electron chi connectivity index (χ4n) is 16.7. The van der Waals surface area contributed by atoms with Crippen molar-refractivity contribution in [2.24, 2.45) is 0 Å². The van der Waals surface area contributed by atoms with Gasteiger partial charge in [0.1, 0.15) is 59.3 Å². The molecular weight excluding hydrogens is 1600 g/mol. The minimum absolute atomic E-state index is 0.0136. The van der Waals surface area contributed by atoms with E-state index in [1.54, 1.807) is 109 Å². The zero-order valence-electron chi connectivity index (χ0n) is 70.8. The van der Waals surface area contributed by atoms with E-state index in [2.05, 4.69) is 47.3 Å². The Bertz CT molecular complexity index is 5610. The lowest BCUT2D eigenvalue weighted by molar-refractivity contribution is -0.145. The maximum absolute atomic E-state index is 16.1. The SMILES string of the molecule is COC(=O)[C@@H]1CCCCNC(=O)C[C@@H]([N-]C(=O)OCC2c3ccccc3-c3ccccc32)C(=O)N[C@@H](Cc2cn(C(c3ccccc3)(c3ccccc3)c3ccccc3)cn2)C(=O)N[C@H](Cc2ccccc2)C(=O)N[C@@H](CCCNC(=N)NS(=O)(=O)c2c(C)c(C)c3c(c2C)CC(C)(C)O3)C(=O)N[C@@H](Cc2cn(C(=O)OC(C)(C)C)c3ccccc23)C(=O)N1. The standard InChI is InChI=1S/C95H105N13O15S/c1-58-59(2)83(60(3)72-53-94(7,8)122-82(58)72)124(118,119)106-90(96)98-48-30-45-74-84(110)103-77(50-62-54-108(92(117)123-93(4,5)6)80-46-27-26-39-67(62)80)86(112)101-75(89(115)120-9)44-28-29-47-97-81(109)52-79(105-91(116)121-56-73-70-42-24-22-40-68(70)69-41-23-25-43-71(69)73)88(114)104-78(87(113)102-76(85(111)100-74)49-61-31-14-10-15-32-61)51-66-55-107(57-99-66)95(63-33-16-11-17-34-63,64-35-18-12-19-36-64)65-37-20-13-21-38-65/h10-27,31-43,46,54-55,57,73-79H,28-30,44-45,47-53,56H2,1-9H3,(H10,96,97,98,100,101,102,103,104,105,106,109,110,111,112,113,114,116)/p-1/t74-,75-,76+,77-,78-,79+/m0/s1. The lowest BCUT2D eigenvalue weighted by atomic mass is 9.77. The number of guanidine groups is 1. The van der Waals surface area contributed by atoms with Gasteiger partial charge >= 0.3 is 12.1 Å². The summed E-state index contributed by atoms with van der Waals surface area (Å²) in [5.41, 5.74) is 7.32. The van der Waals surface area contributed by atoms with Gasteiger partial charge in [-0.15, -0.1) is 0 Å². The third kappa shape index (κ3) is 20.3. The van der Waals surface area contributed by atoms with Gasteiger partial charge in [-0.05, 0) is 166 Å². The van der Waals surface area contributed by atoms with Crippen LogP contribution in [0.25, 0.3) is 27.3 Å². The Morgan fingerprint density at radius 2 is 1.18 bits per heavy atom. The molecule has 10 aromatic rings. The Hall–Kier alpha value is -13.4. The van der Waals surface area contributed by atoms with E-state index in [4.69, 9.17) is 29.3 Å². The Labute approximate surface area is 720 Å². The van der Waals surface area contributed by atoms with Crippen molar-refractivity contribution >= 4 is 80.5 Å². The number of amides is 7. The summed E-state index contributed by atoms with van der Waals surface area (Å²) in [5.74, 6) is -6.95. The summed E-state index contributed by atoms with van der Waals surface area (Å²) in [4.78, 5) is 141. The molecule has 0 radical (unpaired) electrons. The third-order valence-electron chi connectivity index (χ3n) is 22.7. The van der Waals surface area contributed by atoms with Crippen molar-refractivity contribution in [3.05, 3.63) is 285 Å². The number of imidazole rings is 1. The van der Waals surface area contributed by atoms with Gasteiger partial charge in [0.15, 0.2) is 0 Å². The zero-order valence-corrected chi connectivity index (χ0v) is 71.6. The van der Waals surface area contributed by atoms with Crippen LogP contribution in [0.3, 0.4) is 0 Å². The molecule has 28 nitrogen and oxygen atoms in total. The van der Waals surface area contributed by atoms with Crippen LogP contribution in [-0.4, -0.2) is 156 Å². The number of esters is 1. The molecule has 9 N–H and O–H groups in total. The second kappa shape index (κ2) is 38.3. The number of fused-ring (bicyclic) bond motifs is 5. The number of para-hydroxylation sites is 1. The van der Waals surface area contributed by atoms with Crippen LogP contribution in [0.1, 0.15) is 146 Å². The summed E-state index contributed by atoms with van der Waals surface area (Å²) in [7, 11) is -3.30. The van der Waals surface area contributed by atoms with Crippen LogP contribution in [0, 0.1) is 26.2 Å². The predicted molar refractivity (Wildman–Crippen MR) is 468 cm³/mol. The van der Waals surface area contributed by atoms with Crippen LogP contribution >= 0.6 is 0 Å². The molecule has 1 aliphatic carbocycles. The lowest BCUT2D eigenvalue weighted by Crippen LogP contribution is -2.60. The van der Waals surface area contributed by atoms with E-state index in [-0.39, 0.29) is 75.2 Å². The van der Waals surface area contributed by atoms with Gasteiger partial charge in [-0.3, -0.25) is 43.5 Å². The fraction of sp³-hybridized carbons (Fsp3) is 0.337. The molecule has 7 amide bonds. The number of methoxy groups -OCH3 is 1. The zero-order chi connectivity index (χ0) is 88.2. The maximum atomic E-state index is 16.1. The minimum atomic E-state index is -4.43. The van der Waals surface area contributed by atoms with Gasteiger partial charge in [-0.25, -0.2) is 27.7 Å². The van der Waals surface area contributed by atoms with Gasteiger partial charge in [-0.2, -0.15) is 0 Å². The average molecular weight is 1700 g/mol. The number of nitrogens with one attached hydrogen (secondary N) is 9. The molecule has 0 spiro atoms. The quantitative estimate of drug-likeness (QED) is 0.00854. The second-order valence-corrected chi connectivity index (χ2v) is 34.7. The topological polar surface area (TPSA) is 382 Å². The Morgan fingerprint density at radius 3 is 1.79 bits per heavy atom. The summed E-state index contributed by atoms with van der Waals surface area (Å²) in [6.07, 6.45) is 1.42. The van der Waals surface area contributed by atoms with Crippen LogP contribution in [0.5, 0.6) is 5.75 Å². The van der Waals surface area contributed by atoms with Crippen molar-refractivity contribution < 1.29 is 70.5 Å². The largest absolute Gasteiger partial charge is 0.607 e. The predicted octanol–water partition coefficient (Wildman–Crippen LogP) is 11.4. The van der Waals surface area contributed by atoms with E-state index < -0.39 is 141 Å². The first-order valence-corrected chi connectivity index (χ1v) is 43.0. The number of hydrogen-bond acceptors (Lipinski definition) is 17. The smallest absolute Gasteiger partial charge is 0.419 e. The van der Waals surface area contributed by atoms with E-state index in [1.165, 1.54) is 10.8 Å². The molecule has 1 fully saturated rings. The Morgan fingerprint density at radius 1 is 0.637 bits per heavy atom. The summed E-state index contributed by atoms with van der Waals surface area (Å²) in [5, 5.41) is 33.6. The first kappa shape index (κ1) is 88.3. The van der Waals surface area contributed by atoms with Crippen molar-refractivity contribution in [3.63, 3.8) is 0 Å². The molecule has 3 aliphatic rings. The fourth-order valence-corrected chi connectivity index (χ4v) is 18.3. The number of hydrogen-bond donors (Lipinski definition) is 9. The second-order valence-electron chi connectivity index (χ2n) is 33.1. The van der Waals surface area contributed by atoms with Gasteiger partial charge in [0, 0.05) is 74.5 Å². The molecule has 29 heteroatoms. The van der Waals surface area contributed by atoms with E-state index in [9.17, 15) is 27.6 Å². The summed E-state index contributed by atoms with van der Waals surface area (Å²) in [6.45, 7) is 13.6. The molecule has 4 heterocycles. The highest BCUT2D eigenvalue weighted by atomic mass is 32.2. The molecule has 646 valence electrons. The van der Waals surface area contributed by atoms with Crippen LogP contribution < -0.4 is 46.7 Å². The number of benzene rings is 8. The number of ether oxygens (including phenoxy) is 4. The van der Waals surface area contributed by atoms with Crippen LogP contribution in [0.15, 0.2) is 218 Å². The van der Waals surface area contributed by atoms with E-state index in [0.29, 0.717) is 50.9 Å². The van der Waals surface area contributed by atoms with E-state index in [1.807, 2.05) is 158 Å². The minimum Gasteiger partial charge on any atom is -0.607 e. The molecule has 0 saturated carbocycles. The number of nitrogens with zero attached hydrogens (tertiary/aromatic N) is 4. The number of carbonyl (C=O) groups excluding carboxylic acids is 9. The van der Waals surface area contributed by atoms with Crippen molar-refractivity contribution in [2.75, 3.05) is 26.8 Å². The summed E-state index contributed by atoms with van der Waals surface area (Å²) in [6, 6.07) is 50.2. The van der Waals surface area contributed by atoms with Gasteiger partial charge in [0.2, 0.25) is 47.5 Å². The van der Waals surface area contributed by atoms with Crippen LogP contribution in [0.4, 0.5) is 9.59 Å². The number of aromatic nitrogens is 3. The average Bonchev–Trinajstić information content (AvgIpc) is 1.28. The maximum Gasteiger partial charge on any atom is 0.419 e. The van der Waals surface area contributed by atoms with Gasteiger partial charge in [0.25, 0.3) is 10.0 Å². The molecule has 2 aromatic heterocycles. The first-order chi connectivity index (χ1) is 59.4. The third-order valence-corrected chi connectivity index (χ3v) is 24.3. The van der Waals surface area contributed by atoms with Gasteiger partial charge in [-0.1, -0.05) is 188 Å². The van der Waals surface area contributed by atoms with Crippen molar-refractivity contribution in [1.82, 2.24) is 56.1 Å². The normalized spacial score (nSPS) is 18.7. The van der Waals surface area contributed by atoms with Gasteiger partial charge < -0.3 is 66.0 Å². The van der Waals surface area contributed by atoms with Crippen molar-refractivity contribution in [3.8, 4) is 16.9 Å². The summed E-state index contributed by atoms with van der Waals surface area (Å²) >= 11 is 0. The highest BCUT2D eigenvalue weighted by Crippen LogP contribution is 2.47. The molecule has 124 heavy (non-hydrogen) atoms. The highest BCUT2D eigenvalue weighted by molar-refractivity contribution is 7.90. The highest BCUT2D eigenvalue weighted by Gasteiger charge is 2.42. The molecule has 8 aromatic carbocycles. The van der Waals surface area contributed by atoms with Crippen LogP contribution in [-0.2, 0) is 89.0 Å².